The van der Waals surface area contributed by atoms with Crippen molar-refractivity contribution in [2.45, 2.75) is 22.6 Å². The van der Waals surface area contributed by atoms with E-state index in [1.165, 1.54) is 23.5 Å². The molecule has 0 aliphatic rings. The van der Waals surface area contributed by atoms with Gasteiger partial charge >= 0.3 is 0 Å². The molecule has 0 unspecified atom stereocenters. The molecule has 0 spiro atoms. The molecule has 172 valence electrons. The highest BCUT2D eigenvalue weighted by Gasteiger charge is 2.22. The van der Waals surface area contributed by atoms with Crippen molar-refractivity contribution in [2.24, 2.45) is 0 Å². The maximum atomic E-state index is 13.1. The molecule has 1 aromatic heterocycles. The van der Waals surface area contributed by atoms with Gasteiger partial charge in [-0.15, -0.1) is 11.8 Å². The zero-order valence-electron chi connectivity index (χ0n) is 18.2. The van der Waals surface area contributed by atoms with Crippen LogP contribution in [0.5, 0.6) is 0 Å². The lowest BCUT2D eigenvalue weighted by Crippen LogP contribution is -2.36. The van der Waals surface area contributed by atoms with E-state index in [1.807, 2.05) is 43.5 Å². The zero-order chi connectivity index (χ0) is 23.3. The molecule has 0 saturated heterocycles. The van der Waals surface area contributed by atoms with Crippen molar-refractivity contribution in [1.82, 2.24) is 9.88 Å². The van der Waals surface area contributed by atoms with Gasteiger partial charge in [-0.3, -0.25) is 9.69 Å². The molecule has 1 amide bonds. The molecule has 3 aromatic rings. The summed E-state index contributed by atoms with van der Waals surface area (Å²) in [6, 6.07) is 10.7. The number of halogens is 1. The summed E-state index contributed by atoms with van der Waals surface area (Å²) in [5.74, 6) is -0.829. The molecule has 1 heterocycles. The van der Waals surface area contributed by atoms with E-state index < -0.39 is 15.7 Å². The summed E-state index contributed by atoms with van der Waals surface area (Å²) in [6.45, 7) is 1.12. The van der Waals surface area contributed by atoms with Gasteiger partial charge < -0.3 is 4.90 Å². The maximum Gasteiger partial charge on any atom is 0.228 e. The highest BCUT2D eigenvalue weighted by Crippen LogP contribution is 2.34. The number of thioether (sulfide) groups is 1. The van der Waals surface area contributed by atoms with Gasteiger partial charge in [-0.1, -0.05) is 17.4 Å². The lowest BCUT2D eigenvalue weighted by Gasteiger charge is -2.22. The van der Waals surface area contributed by atoms with Gasteiger partial charge in [0.2, 0.25) is 5.91 Å². The summed E-state index contributed by atoms with van der Waals surface area (Å²) in [6.07, 6.45) is 2.25. The highest BCUT2D eigenvalue weighted by molar-refractivity contribution is 7.98. The lowest BCUT2D eigenvalue weighted by atomic mass is 10.3. The van der Waals surface area contributed by atoms with Crippen LogP contribution in [0.1, 0.15) is 12.8 Å². The Kier molecular flexibility index (Phi) is 8.26. The Morgan fingerprint density at radius 3 is 2.50 bits per heavy atom. The number of anilines is 1. The molecule has 0 N–H and O–H groups in total. The van der Waals surface area contributed by atoms with Crippen LogP contribution in [0.15, 0.2) is 52.3 Å². The summed E-state index contributed by atoms with van der Waals surface area (Å²) in [7, 11) is 0.286. The largest absolute Gasteiger partial charge is 0.308 e. The van der Waals surface area contributed by atoms with Gasteiger partial charge in [0.15, 0.2) is 15.0 Å². The van der Waals surface area contributed by atoms with E-state index in [0.717, 1.165) is 27.2 Å². The van der Waals surface area contributed by atoms with Crippen molar-refractivity contribution >= 4 is 54.2 Å². The van der Waals surface area contributed by atoms with Crippen LogP contribution in [-0.4, -0.2) is 63.4 Å². The van der Waals surface area contributed by atoms with Crippen molar-refractivity contribution < 1.29 is 17.6 Å². The topological polar surface area (TPSA) is 70.6 Å². The highest BCUT2D eigenvalue weighted by atomic mass is 32.2. The number of thiazole rings is 1. The average Bonchev–Trinajstić information content (AvgIpc) is 3.17. The number of para-hydroxylation sites is 1. The number of hydrogen-bond donors (Lipinski definition) is 0. The SMILES string of the molecule is CSc1cccc2sc(N(CCN(C)C)C(=O)CCCS(=O)(=O)c3ccc(F)cc3)nc12. The molecular formula is C22H26FN3O3S3. The second-order valence-corrected chi connectivity index (χ2v) is 11.5. The summed E-state index contributed by atoms with van der Waals surface area (Å²) < 4.78 is 39.1. The Bertz CT molecular complexity index is 1180. The lowest BCUT2D eigenvalue weighted by molar-refractivity contribution is -0.118. The summed E-state index contributed by atoms with van der Waals surface area (Å²) in [5.41, 5.74) is 0.876. The van der Waals surface area contributed by atoms with Gasteiger partial charge in [-0.05, 0) is 63.2 Å². The predicted octanol–water partition coefficient (Wildman–Crippen LogP) is 4.31. The van der Waals surface area contributed by atoms with Gasteiger partial charge in [0.25, 0.3) is 0 Å². The number of nitrogens with zero attached hydrogens (tertiary/aromatic N) is 3. The van der Waals surface area contributed by atoms with Crippen LogP contribution in [0.2, 0.25) is 0 Å². The molecule has 10 heteroatoms. The fraction of sp³-hybridized carbons (Fsp3) is 0.364. The van der Waals surface area contributed by atoms with E-state index in [2.05, 4.69) is 0 Å². The first kappa shape index (κ1) is 24.6. The number of rotatable bonds is 10. The Morgan fingerprint density at radius 1 is 1.12 bits per heavy atom. The molecule has 0 radical (unpaired) electrons. The van der Waals surface area contributed by atoms with Crippen LogP contribution < -0.4 is 4.90 Å². The Morgan fingerprint density at radius 2 is 1.84 bits per heavy atom. The van der Waals surface area contributed by atoms with Crippen LogP contribution in [0.25, 0.3) is 10.2 Å². The van der Waals surface area contributed by atoms with Crippen molar-refractivity contribution in [3.63, 3.8) is 0 Å². The molecule has 6 nitrogen and oxygen atoms in total. The Balaban J connectivity index is 1.74. The van der Waals surface area contributed by atoms with E-state index in [4.69, 9.17) is 4.98 Å². The van der Waals surface area contributed by atoms with Crippen molar-refractivity contribution in [1.29, 1.82) is 0 Å². The third-order valence-electron chi connectivity index (χ3n) is 4.87. The molecule has 0 saturated carbocycles. The predicted molar refractivity (Wildman–Crippen MR) is 130 cm³/mol. The molecule has 0 aliphatic carbocycles. The summed E-state index contributed by atoms with van der Waals surface area (Å²) in [4.78, 5) is 22.6. The molecule has 0 bridgehead atoms. The van der Waals surface area contributed by atoms with E-state index in [9.17, 15) is 17.6 Å². The average molecular weight is 496 g/mol. The normalized spacial score (nSPS) is 11.9. The van der Waals surface area contributed by atoms with Crippen LogP contribution >= 0.6 is 23.1 Å². The van der Waals surface area contributed by atoms with E-state index in [0.29, 0.717) is 18.2 Å². The number of carbonyl (C=O) groups excluding carboxylic acids is 1. The van der Waals surface area contributed by atoms with Gasteiger partial charge in [0, 0.05) is 24.4 Å². The molecule has 0 aliphatic heterocycles. The maximum absolute atomic E-state index is 13.1. The van der Waals surface area contributed by atoms with Crippen LogP contribution in [0.4, 0.5) is 9.52 Å². The first-order valence-corrected chi connectivity index (χ1v) is 13.8. The number of benzene rings is 2. The minimum Gasteiger partial charge on any atom is -0.308 e. The third-order valence-corrected chi connectivity index (χ3v) is 8.50. The minimum atomic E-state index is -3.58. The van der Waals surface area contributed by atoms with Crippen LogP contribution in [-0.2, 0) is 14.6 Å². The smallest absolute Gasteiger partial charge is 0.228 e. The second-order valence-electron chi connectivity index (χ2n) is 7.53. The monoisotopic (exact) mass is 495 g/mol. The fourth-order valence-electron chi connectivity index (χ4n) is 3.13. The Labute approximate surface area is 196 Å². The number of aromatic nitrogens is 1. The molecule has 3 rings (SSSR count). The number of amides is 1. The fourth-order valence-corrected chi connectivity index (χ4v) is 6.10. The first-order chi connectivity index (χ1) is 15.2. The van der Waals surface area contributed by atoms with Crippen LogP contribution in [0.3, 0.4) is 0 Å². The molecular weight excluding hydrogens is 469 g/mol. The summed E-state index contributed by atoms with van der Waals surface area (Å²) in [5, 5.41) is 0.620. The molecule has 0 fully saturated rings. The first-order valence-electron chi connectivity index (χ1n) is 10.1. The van der Waals surface area contributed by atoms with Crippen molar-refractivity contribution in [3.05, 3.63) is 48.3 Å². The van der Waals surface area contributed by atoms with E-state index in [-0.39, 0.29) is 29.4 Å². The van der Waals surface area contributed by atoms with Crippen molar-refractivity contribution in [2.75, 3.05) is 44.1 Å². The second kappa shape index (κ2) is 10.7. The van der Waals surface area contributed by atoms with E-state index >= 15 is 0 Å². The zero-order valence-corrected chi connectivity index (χ0v) is 20.7. The van der Waals surface area contributed by atoms with Gasteiger partial charge in [0.05, 0.1) is 20.9 Å². The van der Waals surface area contributed by atoms with E-state index in [1.54, 1.807) is 16.7 Å². The van der Waals surface area contributed by atoms with Gasteiger partial charge in [0.1, 0.15) is 5.82 Å². The summed E-state index contributed by atoms with van der Waals surface area (Å²) >= 11 is 3.07. The van der Waals surface area contributed by atoms with Gasteiger partial charge in [-0.25, -0.2) is 17.8 Å². The molecule has 32 heavy (non-hydrogen) atoms. The van der Waals surface area contributed by atoms with Crippen LogP contribution in [0, 0.1) is 5.82 Å². The number of fused-ring (bicyclic) bond motifs is 1. The van der Waals surface area contributed by atoms with Crippen molar-refractivity contribution in [3.8, 4) is 0 Å². The number of sulfone groups is 1. The number of carbonyl (C=O) groups is 1. The quantitative estimate of drug-likeness (QED) is 0.308. The van der Waals surface area contributed by atoms with Gasteiger partial charge in [-0.2, -0.15) is 0 Å². The number of likely N-dealkylation sites (N-methyl/N-ethyl adjacent to an activating group) is 1. The third kappa shape index (κ3) is 6.06. The standard InChI is InChI=1S/C22H26FN3O3S3/c1-25(2)13-14-26(22-24-21-18(30-3)6-4-7-19(21)31-22)20(27)8-5-15-32(28,29)17-11-9-16(23)10-12-17/h4,6-7,9-12H,5,8,13-15H2,1-3H3. The molecule has 2 aromatic carbocycles. The number of hydrogen-bond acceptors (Lipinski definition) is 7. The Hall–Kier alpha value is -2.01. The molecule has 0 atom stereocenters. The minimum absolute atomic E-state index is 0.0616.